The van der Waals surface area contributed by atoms with Crippen molar-refractivity contribution in [3.05, 3.63) is 24.3 Å². The summed E-state index contributed by atoms with van der Waals surface area (Å²) < 4.78 is 37.8. The van der Waals surface area contributed by atoms with Gasteiger partial charge in [0.25, 0.3) is 6.29 Å². The number of benzene rings is 1. The van der Waals surface area contributed by atoms with E-state index >= 15 is 0 Å². The van der Waals surface area contributed by atoms with E-state index in [0.29, 0.717) is 0 Å². The topological polar surface area (TPSA) is 96.0 Å². The van der Waals surface area contributed by atoms with Crippen molar-refractivity contribution in [3.63, 3.8) is 0 Å². The quantitative estimate of drug-likeness (QED) is 0.438. The number of rotatable bonds is 6. The Balaban J connectivity index is 2.71. The van der Waals surface area contributed by atoms with E-state index < -0.39 is 28.3 Å². The first-order valence-electron chi connectivity index (χ1n) is 7.39. The third-order valence-corrected chi connectivity index (χ3v) is 4.04. The van der Waals surface area contributed by atoms with Crippen molar-refractivity contribution in [2.45, 2.75) is 38.9 Å². The molecule has 134 valence electrons. The summed E-state index contributed by atoms with van der Waals surface area (Å²) in [5.41, 5.74) is 0. The molecule has 0 heterocycles. The molecule has 8 heteroatoms. The van der Waals surface area contributed by atoms with E-state index in [1.807, 2.05) is 0 Å². The summed E-state index contributed by atoms with van der Waals surface area (Å²) in [5, 5.41) is 0. The van der Waals surface area contributed by atoms with Gasteiger partial charge < -0.3 is 14.2 Å². The summed E-state index contributed by atoms with van der Waals surface area (Å²) in [4.78, 5) is 23.5. The number of esters is 1. The van der Waals surface area contributed by atoms with Crippen LogP contribution in [0.4, 0.5) is 4.79 Å². The fraction of sp³-hybridized carbons (Fsp3) is 0.500. The second-order valence-electron chi connectivity index (χ2n) is 5.92. The lowest BCUT2D eigenvalue weighted by Crippen LogP contribution is -2.32. The summed E-state index contributed by atoms with van der Waals surface area (Å²) in [7, 11) is -3.33. The number of ether oxygens (including phenoxy) is 3. The van der Waals surface area contributed by atoms with Gasteiger partial charge in [-0.15, -0.1) is 0 Å². The molecule has 1 unspecified atom stereocenters. The highest BCUT2D eigenvalue weighted by Crippen LogP contribution is 2.18. The van der Waals surface area contributed by atoms with Gasteiger partial charge in [0.15, 0.2) is 9.84 Å². The van der Waals surface area contributed by atoms with Gasteiger partial charge in [0.2, 0.25) is 0 Å². The van der Waals surface area contributed by atoms with Crippen LogP contribution in [-0.4, -0.2) is 33.1 Å². The minimum absolute atomic E-state index is 0.106. The smallest absolute Gasteiger partial charge is 0.425 e. The normalized spacial score (nSPS) is 12.8. The Bertz CT molecular complexity index is 675. The van der Waals surface area contributed by atoms with Crippen LogP contribution in [0, 0.1) is 11.8 Å². The molecule has 0 amide bonds. The Kier molecular flexibility index (Phi) is 6.77. The van der Waals surface area contributed by atoms with Gasteiger partial charge in [0, 0.05) is 12.2 Å². The van der Waals surface area contributed by atoms with Crippen molar-refractivity contribution in [2.75, 3.05) is 6.26 Å². The standard InChI is InChI=1S/C16H22O7S/c1-10(2)14(17)22-15(11(3)4)23-16(18)21-12-6-8-13(9-7-12)24(5,19)20/h6-11,15H,1-5H3. The molecule has 0 bridgehead atoms. The molecule has 0 aliphatic heterocycles. The summed E-state index contributed by atoms with van der Waals surface area (Å²) in [5.74, 6) is -0.980. The van der Waals surface area contributed by atoms with E-state index in [1.54, 1.807) is 27.7 Å². The molecule has 7 nitrogen and oxygen atoms in total. The van der Waals surface area contributed by atoms with Crippen molar-refractivity contribution >= 4 is 22.0 Å². The lowest BCUT2D eigenvalue weighted by molar-refractivity contribution is -0.180. The molecule has 1 aromatic rings. The highest BCUT2D eigenvalue weighted by Gasteiger charge is 2.25. The van der Waals surface area contributed by atoms with Gasteiger partial charge in [-0.2, -0.15) is 0 Å². The predicted octanol–water partition coefficient (Wildman–Crippen LogP) is 2.79. The number of sulfone groups is 1. The number of hydrogen-bond acceptors (Lipinski definition) is 7. The molecule has 1 aromatic carbocycles. The Labute approximate surface area is 141 Å². The SMILES string of the molecule is CC(C)C(=O)OC(OC(=O)Oc1ccc(S(C)(=O)=O)cc1)C(C)C. The summed E-state index contributed by atoms with van der Waals surface area (Å²) >= 11 is 0. The maximum absolute atomic E-state index is 11.8. The molecule has 1 rings (SSSR count). The van der Waals surface area contributed by atoms with Gasteiger partial charge in [-0.3, -0.25) is 4.79 Å². The van der Waals surface area contributed by atoms with Crippen molar-refractivity contribution in [2.24, 2.45) is 11.8 Å². The molecule has 0 aliphatic rings. The molecule has 0 spiro atoms. The van der Waals surface area contributed by atoms with Crippen LogP contribution >= 0.6 is 0 Å². The van der Waals surface area contributed by atoms with Crippen LogP contribution in [0.15, 0.2) is 29.2 Å². The molecule has 0 saturated carbocycles. The first-order valence-corrected chi connectivity index (χ1v) is 9.29. The lowest BCUT2D eigenvalue weighted by Gasteiger charge is -2.21. The van der Waals surface area contributed by atoms with Gasteiger partial charge in [-0.05, 0) is 24.3 Å². The molecular formula is C16H22O7S. The minimum Gasteiger partial charge on any atom is -0.425 e. The third kappa shape index (κ3) is 6.19. The van der Waals surface area contributed by atoms with E-state index in [1.165, 1.54) is 24.3 Å². The molecule has 0 saturated heterocycles. The molecule has 24 heavy (non-hydrogen) atoms. The zero-order chi connectivity index (χ0) is 18.5. The van der Waals surface area contributed by atoms with Crippen molar-refractivity contribution < 1.29 is 32.2 Å². The van der Waals surface area contributed by atoms with Crippen LogP contribution < -0.4 is 4.74 Å². The summed E-state index contributed by atoms with van der Waals surface area (Å²) in [6, 6.07) is 5.30. The molecule has 0 fully saturated rings. The van der Waals surface area contributed by atoms with Crippen LogP contribution in [0.25, 0.3) is 0 Å². The van der Waals surface area contributed by atoms with Crippen molar-refractivity contribution in [1.29, 1.82) is 0 Å². The predicted molar refractivity (Wildman–Crippen MR) is 86.2 cm³/mol. The molecule has 0 radical (unpaired) electrons. The molecular weight excluding hydrogens is 336 g/mol. The van der Waals surface area contributed by atoms with Crippen molar-refractivity contribution in [3.8, 4) is 5.75 Å². The number of hydrogen-bond donors (Lipinski definition) is 0. The third-order valence-electron chi connectivity index (χ3n) is 2.91. The second kappa shape index (κ2) is 8.14. The summed E-state index contributed by atoms with van der Waals surface area (Å²) in [6.45, 7) is 6.79. The maximum Gasteiger partial charge on any atom is 0.516 e. The fourth-order valence-electron chi connectivity index (χ4n) is 1.52. The van der Waals surface area contributed by atoms with E-state index in [2.05, 4.69) is 0 Å². The van der Waals surface area contributed by atoms with Crippen LogP contribution in [-0.2, 0) is 24.1 Å². The largest absolute Gasteiger partial charge is 0.516 e. The van der Waals surface area contributed by atoms with Gasteiger partial charge in [0.1, 0.15) is 5.75 Å². The highest BCUT2D eigenvalue weighted by atomic mass is 32.2. The highest BCUT2D eigenvalue weighted by molar-refractivity contribution is 7.90. The molecule has 0 aromatic heterocycles. The fourth-order valence-corrected chi connectivity index (χ4v) is 2.15. The van der Waals surface area contributed by atoms with Gasteiger partial charge >= 0.3 is 12.1 Å². The van der Waals surface area contributed by atoms with Crippen LogP contribution in [0.2, 0.25) is 0 Å². The lowest BCUT2D eigenvalue weighted by atomic mass is 10.2. The van der Waals surface area contributed by atoms with Gasteiger partial charge in [-0.25, -0.2) is 13.2 Å². The summed E-state index contributed by atoms with van der Waals surface area (Å²) in [6.07, 6.45) is -1.03. The monoisotopic (exact) mass is 358 g/mol. The Hall–Kier alpha value is -2.09. The maximum atomic E-state index is 11.8. The van der Waals surface area contributed by atoms with Crippen LogP contribution in [0.1, 0.15) is 27.7 Å². The van der Waals surface area contributed by atoms with Gasteiger partial charge in [0.05, 0.1) is 10.8 Å². The number of carbonyl (C=O) groups excluding carboxylic acids is 2. The second-order valence-corrected chi connectivity index (χ2v) is 7.93. The van der Waals surface area contributed by atoms with E-state index in [0.717, 1.165) is 6.26 Å². The average molecular weight is 358 g/mol. The first kappa shape index (κ1) is 20.0. The Morgan fingerprint density at radius 3 is 1.92 bits per heavy atom. The molecule has 0 N–H and O–H groups in total. The van der Waals surface area contributed by atoms with E-state index in [-0.39, 0.29) is 22.5 Å². The van der Waals surface area contributed by atoms with Gasteiger partial charge in [-0.1, -0.05) is 27.7 Å². The van der Waals surface area contributed by atoms with E-state index in [9.17, 15) is 18.0 Å². The Morgan fingerprint density at radius 1 is 0.958 bits per heavy atom. The van der Waals surface area contributed by atoms with Crippen LogP contribution in [0.3, 0.4) is 0 Å². The zero-order valence-electron chi connectivity index (χ0n) is 14.3. The zero-order valence-corrected chi connectivity index (χ0v) is 15.1. The minimum atomic E-state index is -3.33. The molecule has 1 atom stereocenters. The van der Waals surface area contributed by atoms with Crippen LogP contribution in [0.5, 0.6) is 5.75 Å². The number of carbonyl (C=O) groups is 2. The van der Waals surface area contributed by atoms with E-state index in [4.69, 9.17) is 14.2 Å². The Morgan fingerprint density at radius 2 is 1.50 bits per heavy atom. The average Bonchev–Trinajstić information content (AvgIpc) is 2.45. The van der Waals surface area contributed by atoms with Crippen molar-refractivity contribution in [1.82, 2.24) is 0 Å². The molecule has 0 aliphatic carbocycles. The first-order chi connectivity index (χ1) is 11.0.